The molecule has 6 heteroatoms. The van der Waals surface area contributed by atoms with Crippen molar-refractivity contribution < 1.29 is 18.7 Å². The highest BCUT2D eigenvalue weighted by molar-refractivity contribution is 5.92. The summed E-state index contributed by atoms with van der Waals surface area (Å²) in [7, 11) is 0. The van der Waals surface area contributed by atoms with Crippen molar-refractivity contribution in [2.45, 2.75) is 58.1 Å². The summed E-state index contributed by atoms with van der Waals surface area (Å²) in [6.07, 6.45) is 5.27. The van der Waals surface area contributed by atoms with Crippen LogP contribution in [0, 0.1) is 13.8 Å². The first-order valence-electron chi connectivity index (χ1n) is 8.52. The van der Waals surface area contributed by atoms with Crippen LogP contribution in [0.5, 0.6) is 0 Å². The van der Waals surface area contributed by atoms with Crippen LogP contribution in [0.2, 0.25) is 0 Å². The average Bonchev–Trinajstić information content (AvgIpc) is 3.13. The molecular formula is C18H24N2O4. The third-order valence-corrected chi connectivity index (χ3v) is 4.60. The zero-order valence-electron chi connectivity index (χ0n) is 14.2. The Bertz CT molecular complexity index is 677. The Hall–Kier alpha value is -2.08. The summed E-state index contributed by atoms with van der Waals surface area (Å²) >= 11 is 0. The lowest BCUT2D eigenvalue weighted by Crippen LogP contribution is -2.41. The predicted molar refractivity (Wildman–Crippen MR) is 87.6 cm³/mol. The molecule has 24 heavy (non-hydrogen) atoms. The Labute approximate surface area is 141 Å². The molecule has 2 unspecified atom stereocenters. The number of oxazole rings is 1. The van der Waals surface area contributed by atoms with Crippen molar-refractivity contribution in [2.75, 3.05) is 6.54 Å². The second kappa shape index (κ2) is 7.21. The van der Waals surface area contributed by atoms with E-state index in [-0.39, 0.29) is 11.9 Å². The molecule has 0 aliphatic carbocycles. The fourth-order valence-corrected chi connectivity index (χ4v) is 3.40. The van der Waals surface area contributed by atoms with E-state index in [0.717, 1.165) is 25.7 Å². The molecule has 6 nitrogen and oxygen atoms in total. The quantitative estimate of drug-likeness (QED) is 0.928. The molecule has 0 bridgehead atoms. The Balaban J connectivity index is 1.79. The van der Waals surface area contributed by atoms with Crippen LogP contribution in [0.25, 0.3) is 0 Å². The highest BCUT2D eigenvalue weighted by Crippen LogP contribution is 2.28. The molecular weight excluding hydrogens is 308 g/mol. The molecule has 2 aromatic heterocycles. The number of aliphatic hydroxyl groups excluding tert-OH is 1. The number of likely N-dealkylation sites (tertiary alicyclic amines) is 1. The standard InChI is InChI=1S/C18H24N2O4/c1-12-17(24-13(2)19-12)18(22)20-9-5-3-4-7-14(20)11-15(21)16-8-6-10-23-16/h6,8,10,14-15,21H,3-5,7,9,11H2,1-2H3. The molecule has 1 aliphatic heterocycles. The molecule has 0 aromatic carbocycles. The number of hydrogen-bond donors (Lipinski definition) is 1. The van der Waals surface area contributed by atoms with E-state index < -0.39 is 6.10 Å². The van der Waals surface area contributed by atoms with Gasteiger partial charge in [0.1, 0.15) is 11.9 Å². The minimum atomic E-state index is -0.712. The molecule has 1 saturated heterocycles. The van der Waals surface area contributed by atoms with Crippen LogP contribution in [0.15, 0.2) is 27.2 Å². The van der Waals surface area contributed by atoms with Gasteiger partial charge in [-0.15, -0.1) is 0 Å². The van der Waals surface area contributed by atoms with Gasteiger partial charge >= 0.3 is 0 Å². The van der Waals surface area contributed by atoms with Gasteiger partial charge in [-0.2, -0.15) is 0 Å². The second-order valence-corrected chi connectivity index (χ2v) is 6.42. The maximum Gasteiger partial charge on any atom is 0.291 e. The third kappa shape index (κ3) is 3.53. The van der Waals surface area contributed by atoms with Crippen LogP contribution in [0.1, 0.15) is 66.1 Å². The summed E-state index contributed by atoms with van der Waals surface area (Å²) in [5, 5.41) is 10.4. The lowest BCUT2D eigenvalue weighted by molar-refractivity contribution is 0.0527. The summed E-state index contributed by atoms with van der Waals surface area (Å²) in [4.78, 5) is 19.0. The number of carbonyl (C=O) groups is 1. The summed E-state index contributed by atoms with van der Waals surface area (Å²) in [5.74, 6) is 1.22. The van der Waals surface area contributed by atoms with Crippen molar-refractivity contribution in [3.63, 3.8) is 0 Å². The monoisotopic (exact) mass is 332 g/mol. The fourth-order valence-electron chi connectivity index (χ4n) is 3.40. The molecule has 1 aliphatic rings. The van der Waals surface area contributed by atoms with Crippen LogP contribution in [-0.4, -0.2) is 33.5 Å². The molecule has 0 spiro atoms. The van der Waals surface area contributed by atoms with E-state index >= 15 is 0 Å². The Morgan fingerprint density at radius 3 is 2.92 bits per heavy atom. The molecule has 3 rings (SSSR count). The first-order valence-corrected chi connectivity index (χ1v) is 8.52. The molecule has 2 aromatic rings. The van der Waals surface area contributed by atoms with Crippen LogP contribution in [0.3, 0.4) is 0 Å². The predicted octanol–water partition coefficient (Wildman–Crippen LogP) is 3.39. The number of amides is 1. The van der Waals surface area contributed by atoms with Crippen molar-refractivity contribution in [1.82, 2.24) is 9.88 Å². The topological polar surface area (TPSA) is 79.7 Å². The van der Waals surface area contributed by atoms with E-state index in [4.69, 9.17) is 8.83 Å². The van der Waals surface area contributed by atoms with Gasteiger partial charge in [0.25, 0.3) is 5.91 Å². The Morgan fingerprint density at radius 2 is 2.25 bits per heavy atom. The van der Waals surface area contributed by atoms with Crippen LogP contribution < -0.4 is 0 Å². The van der Waals surface area contributed by atoms with Gasteiger partial charge in [0.2, 0.25) is 5.76 Å². The van der Waals surface area contributed by atoms with E-state index in [1.165, 1.54) is 0 Å². The van der Waals surface area contributed by atoms with Gasteiger partial charge in [-0.25, -0.2) is 4.98 Å². The van der Waals surface area contributed by atoms with E-state index in [9.17, 15) is 9.90 Å². The van der Waals surface area contributed by atoms with Crippen LogP contribution in [0.4, 0.5) is 0 Å². The summed E-state index contributed by atoms with van der Waals surface area (Å²) in [5.41, 5.74) is 0.618. The van der Waals surface area contributed by atoms with Crippen molar-refractivity contribution in [3.8, 4) is 0 Å². The number of nitrogens with zero attached hydrogens (tertiary/aromatic N) is 2. The SMILES string of the molecule is Cc1nc(C)c(C(=O)N2CCCCCC2CC(O)c2ccco2)o1. The molecule has 2 atom stereocenters. The lowest BCUT2D eigenvalue weighted by Gasteiger charge is -2.30. The molecule has 1 amide bonds. The zero-order valence-corrected chi connectivity index (χ0v) is 14.2. The number of aromatic nitrogens is 1. The maximum absolute atomic E-state index is 13.0. The van der Waals surface area contributed by atoms with Crippen molar-refractivity contribution in [1.29, 1.82) is 0 Å². The number of furan rings is 1. The minimum absolute atomic E-state index is 0.0371. The molecule has 0 radical (unpaired) electrons. The van der Waals surface area contributed by atoms with Gasteiger partial charge in [-0.05, 0) is 31.9 Å². The van der Waals surface area contributed by atoms with Gasteiger partial charge < -0.3 is 18.8 Å². The third-order valence-electron chi connectivity index (χ3n) is 4.60. The number of aryl methyl sites for hydroxylation is 2. The van der Waals surface area contributed by atoms with Crippen molar-refractivity contribution in [2.24, 2.45) is 0 Å². The highest BCUT2D eigenvalue weighted by atomic mass is 16.4. The molecule has 0 saturated carbocycles. The molecule has 3 heterocycles. The van der Waals surface area contributed by atoms with Gasteiger partial charge in [0, 0.05) is 25.9 Å². The largest absolute Gasteiger partial charge is 0.467 e. The van der Waals surface area contributed by atoms with Gasteiger partial charge in [0.15, 0.2) is 5.89 Å². The lowest BCUT2D eigenvalue weighted by atomic mass is 10.0. The van der Waals surface area contributed by atoms with Gasteiger partial charge in [0.05, 0.1) is 12.0 Å². The Kier molecular flexibility index (Phi) is 5.04. The summed E-state index contributed by atoms with van der Waals surface area (Å²) < 4.78 is 10.8. The van der Waals surface area contributed by atoms with Gasteiger partial charge in [-0.1, -0.05) is 12.8 Å². The number of aliphatic hydroxyl groups is 1. The number of carbonyl (C=O) groups excluding carboxylic acids is 1. The van der Waals surface area contributed by atoms with E-state index in [1.54, 1.807) is 32.2 Å². The second-order valence-electron chi connectivity index (χ2n) is 6.42. The smallest absolute Gasteiger partial charge is 0.291 e. The van der Waals surface area contributed by atoms with E-state index in [2.05, 4.69) is 4.98 Å². The Morgan fingerprint density at radius 1 is 1.42 bits per heavy atom. The minimum Gasteiger partial charge on any atom is -0.467 e. The molecule has 1 N–H and O–H groups in total. The highest BCUT2D eigenvalue weighted by Gasteiger charge is 2.31. The fraction of sp³-hybridized carbons (Fsp3) is 0.556. The van der Waals surface area contributed by atoms with Crippen LogP contribution in [-0.2, 0) is 0 Å². The molecule has 1 fully saturated rings. The molecule has 130 valence electrons. The van der Waals surface area contributed by atoms with E-state index in [0.29, 0.717) is 36.1 Å². The maximum atomic E-state index is 13.0. The number of rotatable bonds is 4. The first-order chi connectivity index (χ1) is 11.6. The van der Waals surface area contributed by atoms with E-state index in [1.807, 2.05) is 4.90 Å². The summed E-state index contributed by atoms with van der Waals surface area (Å²) in [6.45, 7) is 4.20. The summed E-state index contributed by atoms with van der Waals surface area (Å²) in [6, 6.07) is 3.48. The van der Waals surface area contributed by atoms with Crippen molar-refractivity contribution >= 4 is 5.91 Å². The van der Waals surface area contributed by atoms with Crippen molar-refractivity contribution in [3.05, 3.63) is 41.5 Å². The van der Waals surface area contributed by atoms with Gasteiger partial charge in [-0.3, -0.25) is 4.79 Å². The first kappa shape index (κ1) is 16.8. The van der Waals surface area contributed by atoms with Crippen LogP contribution >= 0.6 is 0 Å². The average molecular weight is 332 g/mol. The number of hydrogen-bond acceptors (Lipinski definition) is 5. The zero-order chi connectivity index (χ0) is 17.1. The normalized spacial score (nSPS) is 20.0.